The third-order valence-corrected chi connectivity index (χ3v) is 21.6. The number of esters is 1. The van der Waals surface area contributed by atoms with Crippen molar-refractivity contribution in [1.29, 1.82) is 0 Å². The predicted molar refractivity (Wildman–Crippen MR) is 299 cm³/mol. The molecule has 0 aromatic carbocycles. The molecule has 0 unspecified atom stereocenters. The molecule has 10 rings (SSSR count). The van der Waals surface area contributed by atoms with E-state index in [1.54, 1.807) is 53.3 Å². The smallest absolute Gasteiger partial charge is 0.339 e. The number of ether oxygens (including phenoxy) is 15. The summed E-state index contributed by atoms with van der Waals surface area (Å²) in [6.07, 6.45) is -15.6. The van der Waals surface area contributed by atoms with Gasteiger partial charge in [0, 0.05) is 66.0 Å². The molecule has 1 aromatic rings. The van der Waals surface area contributed by atoms with Gasteiger partial charge in [0.05, 0.1) is 72.5 Å². The quantitative estimate of drug-likeness (QED) is 0.0726. The standard InChI is InChI=1S/C61H95NO25/c1-28-49(36(73-8)22-42(77-28)81-35-15-16-57(6)34(21-35)14-17-60(71)40(57)25-41(83-54(69)33-13-12-20-62-26-33)58(7)59(70,32(5)64)18-19-61(58,60)72)84-43-23-37(74-9)50(29(2)78-43)85-44-24-38(75-10)51(30(3)79-44)86-56-48(68)53(76-11)52(31(4)80-56)87-55-47(67)46(66)45(65)39(27-63)82-55/h12-14,20,26,28-32,35-53,55-56,63-68,70-72H,15-19,21-25,27H2,1-11H3/t28-,29-,30-,31-,32+,35+,36+,37+,38-,39-,40-,41-,42+,43+,44+,45-,46+,47-,48-,49-,50-,51-,52-,53+,55+,56+,57+,58-,59+,60+,61-/m1/s1. The van der Waals surface area contributed by atoms with Crippen LogP contribution < -0.4 is 0 Å². The number of aliphatic hydroxyl groups excluding tert-OH is 6. The molecule has 3 saturated carbocycles. The second-order valence-corrected chi connectivity index (χ2v) is 26.2. The third kappa shape index (κ3) is 11.9. The molecule has 31 atom stereocenters. The first-order valence-corrected chi connectivity index (χ1v) is 30.9. The topological polar surface area (TPSA) is 350 Å². The van der Waals surface area contributed by atoms with Crippen molar-refractivity contribution < 1.29 is 122 Å². The zero-order valence-electron chi connectivity index (χ0n) is 51.7. The Bertz CT molecular complexity index is 2500. The van der Waals surface area contributed by atoms with Gasteiger partial charge < -0.3 is 117 Å². The van der Waals surface area contributed by atoms with Crippen molar-refractivity contribution in [2.45, 2.75) is 283 Å². The van der Waals surface area contributed by atoms with E-state index in [1.165, 1.54) is 27.3 Å². The minimum Gasteiger partial charge on any atom is -0.458 e. The van der Waals surface area contributed by atoms with Gasteiger partial charge in [-0.05, 0) is 97.1 Å². The van der Waals surface area contributed by atoms with Crippen LogP contribution in [-0.4, -0.2) is 262 Å². The highest BCUT2D eigenvalue weighted by atomic mass is 16.8. The van der Waals surface area contributed by atoms with E-state index in [-0.39, 0.29) is 43.8 Å². The molecule has 87 heavy (non-hydrogen) atoms. The van der Waals surface area contributed by atoms with Gasteiger partial charge in [0.25, 0.3) is 0 Å². The minimum atomic E-state index is -1.94. The van der Waals surface area contributed by atoms with Crippen molar-refractivity contribution in [2.75, 3.05) is 35.0 Å². The fraction of sp³-hybridized carbons (Fsp3) is 0.869. The van der Waals surface area contributed by atoms with Gasteiger partial charge in [-0.1, -0.05) is 25.5 Å². The van der Waals surface area contributed by atoms with E-state index in [9.17, 15) is 50.8 Å². The number of methoxy groups -OCH3 is 4. The summed E-state index contributed by atoms with van der Waals surface area (Å²) < 4.78 is 93.6. The van der Waals surface area contributed by atoms with Gasteiger partial charge in [0.15, 0.2) is 31.5 Å². The molecule has 0 radical (unpaired) electrons. The largest absolute Gasteiger partial charge is 0.458 e. The van der Waals surface area contributed by atoms with Crippen LogP contribution >= 0.6 is 0 Å². The maximum atomic E-state index is 13.8. The van der Waals surface area contributed by atoms with Gasteiger partial charge in [-0.25, -0.2) is 4.79 Å². The van der Waals surface area contributed by atoms with Gasteiger partial charge in [-0.2, -0.15) is 0 Å². The maximum Gasteiger partial charge on any atom is 0.339 e. The van der Waals surface area contributed by atoms with Crippen LogP contribution in [0.2, 0.25) is 0 Å². The SMILES string of the molecule is CO[C@H]1[C@@H](O)[C@H](O[C@@H]2[C@@H](C)O[C@@H](O[C@H]3[C@@H](OC)C[C@H](O[C@H]4[C@@H](OC)C[C@H](O[C@H]5CC[C@@]6(C)C(=CC[C@]7(O)[C@@H]6C[C@@H](OC(=O)c6cccnc6)[C@@]6(C)[C@]7(O)CC[C@]6(O)[C@H](C)O)C5)O[C@@H]4C)O[C@@H]3C)C[C@H]2OC)O[C@H](C)[C@H]1O[C@@H]1O[C@H](CO)[C@@H](O)[C@H](O)[C@H]1O. The summed E-state index contributed by atoms with van der Waals surface area (Å²) in [5, 5.41) is 102. The van der Waals surface area contributed by atoms with E-state index < -0.39 is 194 Å². The lowest BCUT2D eigenvalue weighted by Crippen LogP contribution is -2.78. The highest BCUT2D eigenvalue weighted by molar-refractivity contribution is 5.89. The summed E-state index contributed by atoms with van der Waals surface area (Å²) in [5.41, 5.74) is -6.59. The zero-order valence-corrected chi connectivity index (χ0v) is 51.7. The van der Waals surface area contributed by atoms with Crippen molar-refractivity contribution >= 4 is 5.97 Å². The molecule has 1 aromatic heterocycles. The summed E-state index contributed by atoms with van der Waals surface area (Å²) >= 11 is 0. The number of rotatable bonds is 18. The molecule has 0 amide bonds. The average Bonchev–Trinajstić information content (AvgIpc) is 1.61. The van der Waals surface area contributed by atoms with Crippen molar-refractivity contribution in [3.05, 3.63) is 41.7 Å². The molecule has 0 spiro atoms. The summed E-state index contributed by atoms with van der Waals surface area (Å²) in [6, 6.07) is 3.20. The molecule has 0 bridgehead atoms. The van der Waals surface area contributed by atoms with Crippen molar-refractivity contribution in [1.82, 2.24) is 4.98 Å². The second-order valence-electron chi connectivity index (χ2n) is 26.2. The van der Waals surface area contributed by atoms with Crippen LogP contribution in [0.15, 0.2) is 36.2 Å². The Morgan fingerprint density at radius 3 is 1.76 bits per heavy atom. The molecule has 5 aliphatic heterocycles. The predicted octanol–water partition coefficient (Wildman–Crippen LogP) is 0.818. The fourth-order valence-corrected chi connectivity index (χ4v) is 16.5. The Labute approximate surface area is 507 Å². The zero-order chi connectivity index (χ0) is 62.9. The molecule has 26 nitrogen and oxygen atoms in total. The van der Waals surface area contributed by atoms with E-state index in [4.69, 9.17) is 71.1 Å². The maximum absolute atomic E-state index is 13.8. The number of aromatic nitrogens is 1. The Morgan fingerprint density at radius 1 is 0.667 bits per heavy atom. The van der Waals surface area contributed by atoms with Crippen LogP contribution in [0.4, 0.5) is 0 Å². The number of hydrogen-bond donors (Lipinski definition) is 9. The number of carbonyl (C=O) groups is 1. The Morgan fingerprint density at radius 2 is 1.22 bits per heavy atom. The van der Waals surface area contributed by atoms with Crippen LogP contribution in [0.3, 0.4) is 0 Å². The van der Waals surface area contributed by atoms with E-state index >= 15 is 0 Å². The van der Waals surface area contributed by atoms with Crippen LogP contribution in [0, 0.1) is 16.7 Å². The highest BCUT2D eigenvalue weighted by Gasteiger charge is 2.81. The molecule has 494 valence electrons. The number of aliphatic hydroxyl groups is 9. The number of hydrogen-bond acceptors (Lipinski definition) is 26. The molecule has 9 aliphatic rings. The fourth-order valence-electron chi connectivity index (χ4n) is 16.5. The molecule has 4 aliphatic carbocycles. The summed E-state index contributed by atoms with van der Waals surface area (Å²) in [6.45, 7) is 11.7. The van der Waals surface area contributed by atoms with Gasteiger partial charge in [0.1, 0.15) is 83.9 Å². The molecule has 6 heterocycles. The summed E-state index contributed by atoms with van der Waals surface area (Å²) in [4.78, 5) is 17.8. The highest BCUT2D eigenvalue weighted by Crippen LogP contribution is 2.71. The Balaban J connectivity index is 0.728. The molecule has 9 N–H and O–H groups in total. The van der Waals surface area contributed by atoms with Gasteiger partial charge in [-0.15, -0.1) is 0 Å². The Kier molecular flexibility index (Phi) is 20.5. The molecular formula is C61H95NO25. The number of fused-ring (bicyclic) bond motifs is 5. The number of nitrogens with zero attached hydrogens (tertiary/aromatic N) is 1. The van der Waals surface area contributed by atoms with E-state index in [0.717, 1.165) is 5.57 Å². The van der Waals surface area contributed by atoms with Crippen molar-refractivity contribution in [3.8, 4) is 0 Å². The van der Waals surface area contributed by atoms with Gasteiger partial charge in [0.2, 0.25) is 0 Å². The number of pyridine rings is 1. The first-order chi connectivity index (χ1) is 41.2. The summed E-state index contributed by atoms with van der Waals surface area (Å²) in [5.74, 6) is -1.27. The van der Waals surface area contributed by atoms with E-state index in [0.29, 0.717) is 32.1 Å². The van der Waals surface area contributed by atoms with Crippen LogP contribution in [0.1, 0.15) is 123 Å². The lowest BCUT2D eigenvalue weighted by atomic mass is 9.42. The second kappa shape index (κ2) is 26.4. The average molecular weight is 1240 g/mol. The normalized spacial score (nSPS) is 50.5. The minimum absolute atomic E-state index is 0.0122. The van der Waals surface area contributed by atoms with E-state index in [2.05, 4.69) is 11.9 Å². The van der Waals surface area contributed by atoms with Gasteiger partial charge >= 0.3 is 5.97 Å². The van der Waals surface area contributed by atoms with Crippen molar-refractivity contribution in [2.24, 2.45) is 16.7 Å². The molecule has 8 fully saturated rings. The third-order valence-electron chi connectivity index (χ3n) is 21.6. The van der Waals surface area contributed by atoms with E-state index in [1.807, 2.05) is 19.9 Å². The van der Waals surface area contributed by atoms with Crippen LogP contribution in [0.5, 0.6) is 0 Å². The van der Waals surface area contributed by atoms with Gasteiger partial charge in [-0.3, -0.25) is 4.98 Å². The number of carbonyl (C=O) groups excluding carboxylic acids is 1. The first kappa shape index (κ1) is 67.3. The molecule has 26 heteroatoms. The Hall–Kier alpha value is -2.56. The van der Waals surface area contributed by atoms with Crippen LogP contribution in [0.25, 0.3) is 0 Å². The summed E-state index contributed by atoms with van der Waals surface area (Å²) in [7, 11) is 6.10. The first-order valence-electron chi connectivity index (χ1n) is 30.9. The molecule has 5 saturated heterocycles. The lowest BCUT2D eigenvalue weighted by molar-refractivity contribution is -0.374. The lowest BCUT2D eigenvalue weighted by Gasteiger charge is -2.67. The molecular weight excluding hydrogens is 1150 g/mol. The van der Waals surface area contributed by atoms with Crippen molar-refractivity contribution in [3.63, 3.8) is 0 Å². The van der Waals surface area contributed by atoms with Crippen LogP contribution in [-0.2, 0) is 71.1 Å². The monoisotopic (exact) mass is 1240 g/mol.